The Balaban J connectivity index is 1.91. The first-order valence-electron chi connectivity index (χ1n) is 7.75. The summed E-state index contributed by atoms with van der Waals surface area (Å²) < 4.78 is 0.293. The predicted molar refractivity (Wildman–Crippen MR) is 82.6 cm³/mol. The van der Waals surface area contributed by atoms with Crippen LogP contribution in [-0.2, 0) is 4.79 Å². The van der Waals surface area contributed by atoms with E-state index in [-0.39, 0.29) is 11.4 Å². The van der Waals surface area contributed by atoms with E-state index in [0.717, 1.165) is 32.4 Å². The lowest BCUT2D eigenvalue weighted by Crippen LogP contribution is -2.55. The molecule has 0 aromatic rings. The lowest BCUT2D eigenvalue weighted by Gasteiger charge is -2.37. The fraction of sp³-hybridized carbons (Fsp3) is 0.933. The molecule has 0 bridgehead atoms. The van der Waals surface area contributed by atoms with Crippen LogP contribution in [0.1, 0.15) is 58.3 Å². The van der Waals surface area contributed by atoms with E-state index in [4.69, 9.17) is 0 Å². The SMILES string of the molecule is CCC1(C(=O)NCC2(SC)CCCCC2)CCCN1. The van der Waals surface area contributed by atoms with Crippen LogP contribution in [-0.4, -0.2) is 35.5 Å². The van der Waals surface area contributed by atoms with Crippen molar-refractivity contribution in [3.8, 4) is 0 Å². The van der Waals surface area contributed by atoms with Crippen molar-refractivity contribution in [1.82, 2.24) is 10.6 Å². The Morgan fingerprint density at radius 1 is 1.21 bits per heavy atom. The maximum atomic E-state index is 12.5. The van der Waals surface area contributed by atoms with Crippen molar-refractivity contribution in [2.75, 3.05) is 19.3 Å². The number of carbonyl (C=O) groups is 1. The molecule has 1 saturated heterocycles. The van der Waals surface area contributed by atoms with Gasteiger partial charge in [-0.1, -0.05) is 26.2 Å². The van der Waals surface area contributed by atoms with Crippen LogP contribution in [0.15, 0.2) is 0 Å². The highest BCUT2D eigenvalue weighted by atomic mass is 32.2. The summed E-state index contributed by atoms with van der Waals surface area (Å²) >= 11 is 1.95. The fourth-order valence-corrected chi connectivity index (χ4v) is 4.44. The molecule has 2 rings (SSSR count). The molecule has 2 aliphatic rings. The van der Waals surface area contributed by atoms with E-state index < -0.39 is 0 Å². The fourth-order valence-electron chi connectivity index (χ4n) is 3.52. The molecule has 110 valence electrons. The van der Waals surface area contributed by atoms with Gasteiger partial charge in [-0.25, -0.2) is 0 Å². The summed E-state index contributed by atoms with van der Waals surface area (Å²) in [5.41, 5.74) is -0.283. The Hall–Kier alpha value is -0.220. The zero-order valence-corrected chi connectivity index (χ0v) is 13.2. The number of hydrogen-bond acceptors (Lipinski definition) is 3. The Kier molecular flexibility index (Phi) is 5.18. The minimum atomic E-state index is -0.283. The van der Waals surface area contributed by atoms with E-state index >= 15 is 0 Å². The molecule has 0 spiro atoms. The lowest BCUT2D eigenvalue weighted by atomic mass is 9.87. The summed E-state index contributed by atoms with van der Waals surface area (Å²) in [4.78, 5) is 12.5. The molecule has 0 radical (unpaired) electrons. The topological polar surface area (TPSA) is 41.1 Å². The summed E-state index contributed by atoms with van der Waals surface area (Å²) in [6.45, 7) is 3.94. The quantitative estimate of drug-likeness (QED) is 0.815. The Bertz CT molecular complexity index is 307. The summed E-state index contributed by atoms with van der Waals surface area (Å²) in [6.07, 6.45) is 11.7. The Morgan fingerprint density at radius 2 is 1.95 bits per heavy atom. The third-order valence-corrected chi connectivity index (χ3v) is 6.47. The van der Waals surface area contributed by atoms with Gasteiger partial charge < -0.3 is 10.6 Å². The van der Waals surface area contributed by atoms with E-state index in [9.17, 15) is 4.79 Å². The standard InChI is InChI=1S/C15H28N2OS/c1-3-15(10-7-11-17-15)13(18)16-12-14(19-2)8-5-4-6-9-14/h17H,3-12H2,1-2H3,(H,16,18). The number of nitrogens with one attached hydrogen (secondary N) is 2. The molecule has 2 fully saturated rings. The summed E-state index contributed by atoms with van der Waals surface area (Å²) in [5.74, 6) is 0.228. The summed E-state index contributed by atoms with van der Waals surface area (Å²) in [7, 11) is 0. The van der Waals surface area contributed by atoms with Crippen LogP contribution in [0.25, 0.3) is 0 Å². The van der Waals surface area contributed by atoms with Crippen LogP contribution in [0.4, 0.5) is 0 Å². The monoisotopic (exact) mass is 284 g/mol. The smallest absolute Gasteiger partial charge is 0.240 e. The highest BCUT2D eigenvalue weighted by Gasteiger charge is 2.40. The molecule has 1 heterocycles. The van der Waals surface area contributed by atoms with Crippen LogP contribution >= 0.6 is 11.8 Å². The first-order valence-corrected chi connectivity index (χ1v) is 8.97. The van der Waals surface area contributed by atoms with Crippen LogP contribution < -0.4 is 10.6 Å². The van der Waals surface area contributed by atoms with Gasteiger partial charge in [-0.15, -0.1) is 0 Å². The molecule has 1 unspecified atom stereocenters. The van der Waals surface area contributed by atoms with Crippen LogP contribution in [0, 0.1) is 0 Å². The minimum Gasteiger partial charge on any atom is -0.353 e. The maximum absolute atomic E-state index is 12.5. The zero-order chi connectivity index (χ0) is 13.8. The molecule has 1 amide bonds. The van der Waals surface area contributed by atoms with Crippen molar-refractivity contribution in [3.63, 3.8) is 0 Å². The second kappa shape index (κ2) is 6.49. The molecule has 3 nitrogen and oxygen atoms in total. The molecule has 1 atom stereocenters. The number of thioether (sulfide) groups is 1. The Labute approximate surface area is 121 Å². The van der Waals surface area contributed by atoms with Crippen LogP contribution in [0.5, 0.6) is 0 Å². The van der Waals surface area contributed by atoms with Crippen molar-refractivity contribution >= 4 is 17.7 Å². The number of carbonyl (C=O) groups excluding carboxylic acids is 1. The number of hydrogen-bond donors (Lipinski definition) is 2. The van der Waals surface area contributed by atoms with Crippen molar-refractivity contribution in [1.29, 1.82) is 0 Å². The van der Waals surface area contributed by atoms with Crippen molar-refractivity contribution < 1.29 is 4.79 Å². The molecule has 1 aliphatic heterocycles. The highest BCUT2D eigenvalue weighted by Crippen LogP contribution is 2.38. The lowest BCUT2D eigenvalue weighted by molar-refractivity contribution is -0.127. The number of amides is 1. The molecule has 2 N–H and O–H groups in total. The van der Waals surface area contributed by atoms with Crippen molar-refractivity contribution in [3.05, 3.63) is 0 Å². The van der Waals surface area contributed by atoms with E-state index in [2.05, 4.69) is 23.8 Å². The molecule has 4 heteroatoms. The first kappa shape index (κ1) is 15.2. The molecule has 0 aromatic carbocycles. The molecule has 1 aliphatic carbocycles. The van der Waals surface area contributed by atoms with Gasteiger partial charge in [0.15, 0.2) is 0 Å². The highest BCUT2D eigenvalue weighted by molar-refractivity contribution is 8.00. The van der Waals surface area contributed by atoms with Gasteiger partial charge in [0.2, 0.25) is 5.91 Å². The average Bonchev–Trinajstić information content (AvgIpc) is 2.96. The van der Waals surface area contributed by atoms with Gasteiger partial charge in [0, 0.05) is 11.3 Å². The van der Waals surface area contributed by atoms with E-state index in [1.165, 1.54) is 32.1 Å². The van der Waals surface area contributed by atoms with Gasteiger partial charge in [-0.2, -0.15) is 11.8 Å². The summed E-state index contributed by atoms with van der Waals surface area (Å²) in [6, 6.07) is 0. The molecular formula is C15H28N2OS. The van der Waals surface area contributed by atoms with E-state index in [1.807, 2.05) is 11.8 Å². The molecule has 19 heavy (non-hydrogen) atoms. The van der Waals surface area contributed by atoms with Gasteiger partial charge in [-0.05, 0) is 44.9 Å². The third-order valence-electron chi connectivity index (χ3n) is 5.05. The van der Waals surface area contributed by atoms with E-state index in [1.54, 1.807) is 0 Å². The number of rotatable bonds is 5. The third kappa shape index (κ3) is 3.27. The minimum absolute atomic E-state index is 0.228. The van der Waals surface area contributed by atoms with E-state index in [0.29, 0.717) is 4.75 Å². The Morgan fingerprint density at radius 3 is 2.47 bits per heavy atom. The van der Waals surface area contributed by atoms with Gasteiger partial charge in [0.25, 0.3) is 0 Å². The van der Waals surface area contributed by atoms with Gasteiger partial charge >= 0.3 is 0 Å². The molecule has 1 saturated carbocycles. The maximum Gasteiger partial charge on any atom is 0.240 e. The average molecular weight is 284 g/mol. The van der Waals surface area contributed by atoms with Gasteiger partial charge in [0.1, 0.15) is 0 Å². The second-order valence-electron chi connectivity index (χ2n) is 6.10. The van der Waals surface area contributed by atoms with Gasteiger partial charge in [-0.3, -0.25) is 4.79 Å². The first-order chi connectivity index (χ1) is 9.16. The molecule has 0 aromatic heterocycles. The largest absolute Gasteiger partial charge is 0.353 e. The van der Waals surface area contributed by atoms with Gasteiger partial charge in [0.05, 0.1) is 5.54 Å². The van der Waals surface area contributed by atoms with Crippen molar-refractivity contribution in [2.45, 2.75) is 68.6 Å². The van der Waals surface area contributed by atoms with Crippen LogP contribution in [0.2, 0.25) is 0 Å². The normalized spacial score (nSPS) is 30.2. The molecular weight excluding hydrogens is 256 g/mol. The predicted octanol–water partition coefficient (Wildman–Crippen LogP) is 2.70. The zero-order valence-electron chi connectivity index (χ0n) is 12.4. The van der Waals surface area contributed by atoms with Crippen molar-refractivity contribution in [2.24, 2.45) is 0 Å². The van der Waals surface area contributed by atoms with Crippen LogP contribution in [0.3, 0.4) is 0 Å². The second-order valence-corrected chi connectivity index (χ2v) is 7.37. The summed E-state index contributed by atoms with van der Waals surface area (Å²) in [5, 5.41) is 6.67.